The molecular formula is C54H40N2. The van der Waals surface area contributed by atoms with Crippen molar-refractivity contribution in [2.75, 3.05) is 9.80 Å². The van der Waals surface area contributed by atoms with Crippen LogP contribution in [0.15, 0.2) is 206 Å². The van der Waals surface area contributed by atoms with Gasteiger partial charge in [-0.15, -0.1) is 0 Å². The number of hydrogen-bond donors (Lipinski definition) is 0. The fourth-order valence-corrected chi connectivity index (χ4v) is 8.72. The number of rotatable bonds is 8. The van der Waals surface area contributed by atoms with Crippen LogP contribution in [0.1, 0.15) is 11.1 Å². The summed E-state index contributed by atoms with van der Waals surface area (Å²) in [6.07, 6.45) is 0. The molecule has 0 aliphatic carbocycles. The van der Waals surface area contributed by atoms with Crippen LogP contribution in [0.4, 0.5) is 34.1 Å². The number of hydrogen-bond acceptors (Lipinski definition) is 2. The number of anilines is 6. The van der Waals surface area contributed by atoms with Gasteiger partial charge in [-0.25, -0.2) is 0 Å². The quantitative estimate of drug-likeness (QED) is 0.144. The van der Waals surface area contributed by atoms with E-state index in [1.165, 1.54) is 65.7 Å². The predicted molar refractivity (Wildman–Crippen MR) is 240 cm³/mol. The van der Waals surface area contributed by atoms with Crippen LogP contribution >= 0.6 is 0 Å². The molecule has 2 nitrogen and oxygen atoms in total. The van der Waals surface area contributed by atoms with E-state index in [4.69, 9.17) is 0 Å². The Hall–Kier alpha value is -7.16. The zero-order valence-corrected chi connectivity index (χ0v) is 31.5. The zero-order chi connectivity index (χ0) is 37.6. The van der Waals surface area contributed by atoms with Crippen molar-refractivity contribution in [3.05, 3.63) is 217 Å². The highest BCUT2D eigenvalue weighted by molar-refractivity contribution is 6.28. The fraction of sp³-hybridized carbons (Fsp3) is 0.0370. The number of para-hydroxylation sites is 2. The normalized spacial score (nSPS) is 11.4. The van der Waals surface area contributed by atoms with Crippen LogP contribution in [0.3, 0.4) is 0 Å². The third-order valence-electron chi connectivity index (χ3n) is 11.4. The van der Waals surface area contributed by atoms with Crippen molar-refractivity contribution in [1.82, 2.24) is 0 Å². The molecule has 0 bridgehead atoms. The Morgan fingerprint density at radius 2 is 0.643 bits per heavy atom. The van der Waals surface area contributed by atoms with Gasteiger partial charge in [0.2, 0.25) is 0 Å². The Morgan fingerprint density at radius 1 is 0.286 bits per heavy atom. The van der Waals surface area contributed by atoms with E-state index in [1.54, 1.807) is 0 Å². The Kier molecular flexibility index (Phi) is 8.30. The van der Waals surface area contributed by atoms with Crippen LogP contribution in [-0.2, 0) is 0 Å². The summed E-state index contributed by atoms with van der Waals surface area (Å²) in [5.74, 6) is 0. The van der Waals surface area contributed by atoms with E-state index in [0.717, 1.165) is 34.1 Å². The van der Waals surface area contributed by atoms with Gasteiger partial charge in [-0.1, -0.05) is 158 Å². The molecule has 0 amide bonds. The maximum absolute atomic E-state index is 2.45. The third-order valence-corrected chi connectivity index (χ3v) is 11.4. The molecule has 0 fully saturated rings. The van der Waals surface area contributed by atoms with Crippen LogP contribution in [0.25, 0.3) is 54.6 Å². The second-order valence-electron chi connectivity index (χ2n) is 14.6. The summed E-state index contributed by atoms with van der Waals surface area (Å²) in [5, 5.41) is 7.46. The molecule has 10 aromatic rings. The Balaban J connectivity index is 1.22. The second kappa shape index (κ2) is 13.9. The van der Waals surface area contributed by atoms with Crippen molar-refractivity contribution in [2.45, 2.75) is 13.8 Å². The number of nitrogens with zero attached hydrogens (tertiary/aromatic N) is 2. The second-order valence-corrected chi connectivity index (χ2v) is 14.6. The monoisotopic (exact) mass is 716 g/mol. The van der Waals surface area contributed by atoms with Gasteiger partial charge in [0.25, 0.3) is 0 Å². The van der Waals surface area contributed by atoms with E-state index in [-0.39, 0.29) is 0 Å². The molecule has 0 saturated carbocycles. The summed E-state index contributed by atoms with van der Waals surface area (Å²) in [4.78, 5) is 4.90. The van der Waals surface area contributed by atoms with Crippen molar-refractivity contribution >= 4 is 66.4 Å². The lowest BCUT2D eigenvalue weighted by molar-refractivity contribution is 1.26. The Morgan fingerprint density at radius 3 is 1.04 bits per heavy atom. The summed E-state index contributed by atoms with van der Waals surface area (Å²) < 4.78 is 0. The van der Waals surface area contributed by atoms with Crippen LogP contribution in [0.5, 0.6) is 0 Å². The molecule has 0 N–H and O–H groups in total. The standard InChI is InChI=1S/C54H40N2/c1-37-45(39-17-7-3-8-18-39)25-15-27-49(37)55(43-21-11-5-12-22-43)51-35-31-41-29-30-42-32-36-52(48-34-33-47(51)53(41)54(42)48)56(44-23-13-6-14-24-44)50-28-16-26-46(38(50)2)40-19-9-4-10-20-40/h3-36H,1-2H3. The summed E-state index contributed by atoms with van der Waals surface area (Å²) >= 11 is 0. The minimum Gasteiger partial charge on any atom is -0.310 e. The lowest BCUT2D eigenvalue weighted by atomic mass is 9.91. The molecule has 10 aromatic carbocycles. The third kappa shape index (κ3) is 5.58. The van der Waals surface area contributed by atoms with Gasteiger partial charge in [-0.05, 0) is 117 Å². The van der Waals surface area contributed by atoms with E-state index in [9.17, 15) is 0 Å². The summed E-state index contributed by atoms with van der Waals surface area (Å²) in [7, 11) is 0. The Labute approximate surface area is 328 Å². The fourth-order valence-electron chi connectivity index (χ4n) is 8.72. The summed E-state index contributed by atoms with van der Waals surface area (Å²) in [6.45, 7) is 4.51. The van der Waals surface area contributed by atoms with Crippen molar-refractivity contribution < 1.29 is 0 Å². The van der Waals surface area contributed by atoms with Gasteiger partial charge in [0.15, 0.2) is 0 Å². The average molecular weight is 717 g/mol. The van der Waals surface area contributed by atoms with E-state index in [0.29, 0.717) is 0 Å². The molecular weight excluding hydrogens is 677 g/mol. The molecule has 0 atom stereocenters. The smallest absolute Gasteiger partial charge is 0.0540 e. The SMILES string of the molecule is Cc1c(-c2ccccc2)cccc1N(c1ccccc1)c1ccc2ccc3ccc(N(c4ccccc4)c4cccc(-c5ccccc5)c4C)c4ccc1c2c34. The van der Waals surface area contributed by atoms with E-state index in [1.807, 2.05) is 0 Å². The molecule has 2 heteroatoms. The first-order valence-corrected chi connectivity index (χ1v) is 19.4. The van der Waals surface area contributed by atoms with Crippen molar-refractivity contribution in [1.29, 1.82) is 0 Å². The van der Waals surface area contributed by atoms with Gasteiger partial charge in [0.05, 0.1) is 11.4 Å². The highest BCUT2D eigenvalue weighted by atomic mass is 15.2. The topological polar surface area (TPSA) is 6.48 Å². The Bertz CT molecular complexity index is 2770. The molecule has 0 aliphatic heterocycles. The largest absolute Gasteiger partial charge is 0.310 e. The molecule has 0 spiro atoms. The first-order chi connectivity index (χ1) is 27.7. The maximum atomic E-state index is 2.45. The molecule has 0 heterocycles. The molecule has 0 radical (unpaired) electrons. The average Bonchev–Trinajstić information content (AvgIpc) is 3.26. The van der Waals surface area contributed by atoms with Gasteiger partial charge in [-0.2, -0.15) is 0 Å². The summed E-state index contributed by atoms with van der Waals surface area (Å²) in [6, 6.07) is 74.9. The molecule has 0 saturated heterocycles. The predicted octanol–water partition coefficient (Wildman–Crippen LogP) is 15.5. The molecule has 10 rings (SSSR count). The van der Waals surface area contributed by atoms with Gasteiger partial charge >= 0.3 is 0 Å². The molecule has 56 heavy (non-hydrogen) atoms. The zero-order valence-electron chi connectivity index (χ0n) is 31.5. The first-order valence-electron chi connectivity index (χ1n) is 19.4. The minimum atomic E-state index is 1.13. The van der Waals surface area contributed by atoms with Crippen LogP contribution in [0, 0.1) is 13.8 Å². The van der Waals surface area contributed by atoms with Crippen molar-refractivity contribution in [3.63, 3.8) is 0 Å². The highest BCUT2D eigenvalue weighted by Crippen LogP contribution is 2.49. The lowest BCUT2D eigenvalue weighted by Gasteiger charge is -2.31. The molecule has 0 unspecified atom stereocenters. The van der Waals surface area contributed by atoms with Crippen LogP contribution in [-0.4, -0.2) is 0 Å². The molecule has 0 aromatic heterocycles. The highest BCUT2D eigenvalue weighted by Gasteiger charge is 2.24. The maximum Gasteiger partial charge on any atom is 0.0540 e. The van der Waals surface area contributed by atoms with E-state index >= 15 is 0 Å². The minimum absolute atomic E-state index is 1.13. The van der Waals surface area contributed by atoms with Crippen molar-refractivity contribution in [2.24, 2.45) is 0 Å². The lowest BCUT2D eigenvalue weighted by Crippen LogP contribution is -2.13. The molecule has 266 valence electrons. The van der Waals surface area contributed by atoms with Crippen LogP contribution < -0.4 is 9.80 Å². The first kappa shape index (κ1) is 33.4. The van der Waals surface area contributed by atoms with Gasteiger partial charge < -0.3 is 9.80 Å². The van der Waals surface area contributed by atoms with E-state index in [2.05, 4.69) is 230 Å². The summed E-state index contributed by atoms with van der Waals surface area (Å²) in [5.41, 5.74) is 14.3. The van der Waals surface area contributed by atoms with Gasteiger partial charge in [0, 0.05) is 33.5 Å². The number of benzene rings is 10. The van der Waals surface area contributed by atoms with Gasteiger partial charge in [-0.3, -0.25) is 0 Å². The molecule has 0 aliphatic rings. The van der Waals surface area contributed by atoms with Crippen LogP contribution in [0.2, 0.25) is 0 Å². The van der Waals surface area contributed by atoms with E-state index < -0.39 is 0 Å². The van der Waals surface area contributed by atoms with Crippen molar-refractivity contribution in [3.8, 4) is 22.3 Å². The van der Waals surface area contributed by atoms with Gasteiger partial charge in [0.1, 0.15) is 0 Å².